The van der Waals surface area contributed by atoms with Gasteiger partial charge in [-0.1, -0.05) is 22.5 Å². The van der Waals surface area contributed by atoms with Crippen LogP contribution in [-0.4, -0.2) is 15.0 Å². The average Bonchev–Trinajstić information content (AvgIpc) is 2.14. The molecule has 0 aliphatic carbocycles. The lowest BCUT2D eigenvalue weighted by Crippen LogP contribution is -2.11. The summed E-state index contributed by atoms with van der Waals surface area (Å²) in [6.07, 6.45) is 0. The zero-order chi connectivity index (χ0) is 11.5. The molecule has 0 fully saturated rings. The quantitative estimate of drug-likeness (QED) is 0.916. The summed E-state index contributed by atoms with van der Waals surface area (Å²) in [6.45, 7) is 3.93. The van der Waals surface area contributed by atoms with Gasteiger partial charge in [0.25, 0.3) is 0 Å². The fraction of sp³-hybridized carbons (Fsp3) is 0.111. The molecule has 6 heteroatoms. The lowest BCUT2D eigenvalue weighted by molar-refractivity contribution is 0.360. The Morgan fingerprint density at radius 3 is 2.33 bits per heavy atom. The van der Waals surface area contributed by atoms with Gasteiger partial charge in [0, 0.05) is 4.48 Å². The molecular formula is C9H10BrNO3S. The van der Waals surface area contributed by atoms with Crippen LogP contribution in [0.25, 0.3) is 0 Å². The molecule has 1 aromatic rings. The topological polar surface area (TPSA) is 69.4 Å². The first-order chi connectivity index (χ1) is 6.89. The van der Waals surface area contributed by atoms with Crippen molar-refractivity contribution in [2.45, 2.75) is 4.90 Å². The van der Waals surface area contributed by atoms with E-state index in [-0.39, 0.29) is 4.90 Å². The lowest BCUT2D eigenvalue weighted by Gasteiger charge is -2.05. The third kappa shape index (κ3) is 4.03. The molecule has 0 aliphatic heterocycles. The van der Waals surface area contributed by atoms with Gasteiger partial charge in [-0.2, -0.15) is 0 Å². The highest BCUT2D eigenvalue weighted by Gasteiger charge is 2.06. The number of rotatable bonds is 4. The van der Waals surface area contributed by atoms with E-state index in [4.69, 9.17) is 9.88 Å². The molecule has 1 aromatic carbocycles. The van der Waals surface area contributed by atoms with Gasteiger partial charge in [-0.3, -0.25) is 0 Å². The zero-order valence-corrected chi connectivity index (χ0v) is 10.2. The van der Waals surface area contributed by atoms with Crippen molar-refractivity contribution in [2.24, 2.45) is 5.14 Å². The van der Waals surface area contributed by atoms with Gasteiger partial charge >= 0.3 is 0 Å². The van der Waals surface area contributed by atoms with Gasteiger partial charge in [0.15, 0.2) is 0 Å². The van der Waals surface area contributed by atoms with Crippen LogP contribution in [0, 0.1) is 0 Å². The van der Waals surface area contributed by atoms with Crippen LogP contribution in [0.15, 0.2) is 40.2 Å². The van der Waals surface area contributed by atoms with Crippen LogP contribution in [0.2, 0.25) is 0 Å². The highest BCUT2D eigenvalue weighted by atomic mass is 79.9. The normalized spacial score (nSPS) is 11.1. The van der Waals surface area contributed by atoms with E-state index < -0.39 is 10.0 Å². The summed E-state index contributed by atoms with van der Waals surface area (Å²) in [5.74, 6) is 0.558. The molecule has 1 rings (SSSR count). The fourth-order valence-electron chi connectivity index (χ4n) is 0.887. The molecule has 0 aliphatic rings. The van der Waals surface area contributed by atoms with Crippen LogP contribution in [0.1, 0.15) is 0 Å². The average molecular weight is 292 g/mol. The molecule has 82 valence electrons. The second-order valence-corrected chi connectivity index (χ2v) is 5.51. The summed E-state index contributed by atoms with van der Waals surface area (Å²) in [4.78, 5) is 0.0625. The Morgan fingerprint density at radius 2 is 1.93 bits per heavy atom. The van der Waals surface area contributed by atoms with E-state index in [0.29, 0.717) is 16.8 Å². The predicted molar refractivity (Wildman–Crippen MR) is 61.4 cm³/mol. The molecule has 0 heterocycles. The van der Waals surface area contributed by atoms with E-state index in [0.717, 1.165) is 0 Å². The van der Waals surface area contributed by atoms with Crippen molar-refractivity contribution in [1.29, 1.82) is 0 Å². The summed E-state index contributed by atoms with van der Waals surface area (Å²) in [5, 5.41) is 4.94. The Morgan fingerprint density at radius 1 is 1.40 bits per heavy atom. The minimum atomic E-state index is -3.63. The van der Waals surface area contributed by atoms with Crippen molar-refractivity contribution in [2.75, 3.05) is 6.61 Å². The maximum absolute atomic E-state index is 10.9. The molecule has 15 heavy (non-hydrogen) atoms. The molecule has 0 amide bonds. The maximum Gasteiger partial charge on any atom is 0.238 e. The van der Waals surface area contributed by atoms with E-state index in [2.05, 4.69) is 22.5 Å². The monoisotopic (exact) mass is 291 g/mol. The first kappa shape index (κ1) is 12.2. The first-order valence-corrected chi connectivity index (χ1v) is 6.32. The molecule has 0 saturated carbocycles. The molecule has 0 spiro atoms. The summed E-state index contributed by atoms with van der Waals surface area (Å²) >= 11 is 3.14. The fourth-order valence-corrected chi connectivity index (χ4v) is 1.52. The van der Waals surface area contributed by atoms with E-state index in [1.807, 2.05) is 0 Å². The van der Waals surface area contributed by atoms with Gasteiger partial charge in [-0.15, -0.1) is 0 Å². The van der Waals surface area contributed by atoms with E-state index in [1.54, 1.807) is 0 Å². The third-order valence-electron chi connectivity index (χ3n) is 1.55. The van der Waals surface area contributed by atoms with E-state index >= 15 is 0 Å². The van der Waals surface area contributed by atoms with Gasteiger partial charge < -0.3 is 4.74 Å². The molecule has 0 aromatic heterocycles. The van der Waals surface area contributed by atoms with Crippen molar-refractivity contribution < 1.29 is 13.2 Å². The van der Waals surface area contributed by atoms with Crippen molar-refractivity contribution in [3.8, 4) is 5.75 Å². The Bertz CT molecular complexity index is 453. The van der Waals surface area contributed by atoms with Crippen molar-refractivity contribution >= 4 is 26.0 Å². The Balaban J connectivity index is 2.77. The molecule has 0 atom stereocenters. The van der Waals surface area contributed by atoms with Gasteiger partial charge in [0.1, 0.15) is 12.4 Å². The van der Waals surface area contributed by atoms with Crippen LogP contribution < -0.4 is 9.88 Å². The molecule has 0 radical (unpaired) electrons. The molecule has 0 saturated heterocycles. The summed E-state index contributed by atoms with van der Waals surface area (Å²) in [7, 11) is -3.63. The van der Waals surface area contributed by atoms with Crippen LogP contribution in [0.4, 0.5) is 0 Å². The lowest BCUT2D eigenvalue weighted by atomic mass is 10.3. The Labute approximate surface area is 96.9 Å². The standard InChI is InChI=1S/C9H10BrNO3S/c1-7(10)6-14-8-2-4-9(5-3-8)15(11,12)13/h2-5H,1,6H2,(H2,11,12,13). The van der Waals surface area contributed by atoms with E-state index in [1.165, 1.54) is 24.3 Å². The minimum Gasteiger partial charge on any atom is -0.488 e. The van der Waals surface area contributed by atoms with Gasteiger partial charge in [0.05, 0.1) is 4.90 Å². The summed E-state index contributed by atoms with van der Waals surface area (Å²) < 4.78 is 27.8. The predicted octanol–water partition coefficient (Wildman–Crippen LogP) is 1.62. The van der Waals surface area contributed by atoms with Crippen molar-refractivity contribution in [1.82, 2.24) is 0 Å². The number of halogens is 1. The van der Waals surface area contributed by atoms with Crippen LogP contribution in [0.3, 0.4) is 0 Å². The van der Waals surface area contributed by atoms with Crippen LogP contribution >= 0.6 is 15.9 Å². The van der Waals surface area contributed by atoms with Crippen molar-refractivity contribution in [3.63, 3.8) is 0 Å². The zero-order valence-electron chi connectivity index (χ0n) is 7.81. The Hall–Kier alpha value is -0.850. The largest absolute Gasteiger partial charge is 0.488 e. The summed E-state index contributed by atoms with van der Waals surface area (Å²) in [5.41, 5.74) is 0. The summed E-state index contributed by atoms with van der Waals surface area (Å²) in [6, 6.07) is 5.86. The van der Waals surface area contributed by atoms with E-state index in [9.17, 15) is 8.42 Å². The second-order valence-electron chi connectivity index (χ2n) is 2.82. The smallest absolute Gasteiger partial charge is 0.238 e. The molecular weight excluding hydrogens is 282 g/mol. The van der Waals surface area contributed by atoms with Crippen molar-refractivity contribution in [3.05, 3.63) is 35.3 Å². The highest BCUT2D eigenvalue weighted by Crippen LogP contribution is 2.16. The van der Waals surface area contributed by atoms with Gasteiger partial charge in [0.2, 0.25) is 10.0 Å². The number of ether oxygens (including phenoxy) is 1. The number of primary sulfonamides is 1. The molecule has 0 unspecified atom stereocenters. The number of hydrogen-bond acceptors (Lipinski definition) is 3. The minimum absolute atomic E-state index is 0.0625. The molecule has 0 bridgehead atoms. The number of sulfonamides is 1. The van der Waals surface area contributed by atoms with Gasteiger partial charge in [-0.05, 0) is 24.3 Å². The van der Waals surface area contributed by atoms with Crippen LogP contribution in [-0.2, 0) is 10.0 Å². The Kier molecular flexibility index (Phi) is 3.90. The first-order valence-electron chi connectivity index (χ1n) is 3.98. The molecule has 2 N–H and O–H groups in total. The SMILES string of the molecule is C=C(Br)COc1ccc(S(N)(=O)=O)cc1. The van der Waals surface area contributed by atoms with Crippen LogP contribution in [0.5, 0.6) is 5.75 Å². The second kappa shape index (κ2) is 4.78. The number of benzene rings is 1. The number of nitrogens with two attached hydrogens (primary N) is 1. The maximum atomic E-state index is 10.9. The third-order valence-corrected chi connectivity index (χ3v) is 2.71. The number of hydrogen-bond donors (Lipinski definition) is 1. The van der Waals surface area contributed by atoms with Gasteiger partial charge in [-0.25, -0.2) is 13.6 Å². The molecule has 4 nitrogen and oxygen atoms in total. The highest BCUT2D eigenvalue weighted by molar-refractivity contribution is 9.11.